The number of aromatic nitrogens is 1. The van der Waals surface area contributed by atoms with Crippen molar-refractivity contribution in [3.8, 4) is 0 Å². The van der Waals surface area contributed by atoms with Gasteiger partial charge in [0.1, 0.15) is 11.9 Å². The van der Waals surface area contributed by atoms with Crippen LogP contribution in [0.15, 0.2) is 18.3 Å². The van der Waals surface area contributed by atoms with E-state index in [9.17, 15) is 4.79 Å². The maximum absolute atomic E-state index is 11.7. The zero-order chi connectivity index (χ0) is 12.3. The van der Waals surface area contributed by atoms with E-state index in [1.165, 1.54) is 19.0 Å². The van der Waals surface area contributed by atoms with Crippen LogP contribution in [-0.2, 0) is 9.53 Å². The molecule has 1 atom stereocenters. The fraction of sp³-hybridized carbons (Fsp3) is 0.500. The van der Waals surface area contributed by atoms with Gasteiger partial charge in [0.15, 0.2) is 0 Å². The summed E-state index contributed by atoms with van der Waals surface area (Å²) in [5.74, 6) is 0.932. The van der Waals surface area contributed by atoms with E-state index in [0.717, 1.165) is 0 Å². The Morgan fingerprint density at radius 1 is 1.61 bits per heavy atom. The van der Waals surface area contributed by atoms with Gasteiger partial charge in [-0.05, 0) is 37.8 Å². The maximum Gasteiger partial charge on any atom is 0.253 e. The van der Waals surface area contributed by atoms with E-state index < -0.39 is 6.10 Å². The van der Waals surface area contributed by atoms with Crippen molar-refractivity contribution in [2.45, 2.75) is 25.9 Å². The molecule has 1 aromatic heterocycles. The lowest BCUT2D eigenvalue weighted by Crippen LogP contribution is -2.28. The zero-order valence-corrected chi connectivity index (χ0v) is 11.1. The zero-order valence-electron chi connectivity index (χ0n) is 10.3. The van der Waals surface area contributed by atoms with Crippen LogP contribution in [0.4, 0.5) is 11.5 Å². The Bertz CT molecular complexity index is 393. The molecule has 2 rings (SSSR count). The number of hydrogen-bond acceptors (Lipinski definition) is 4. The number of ether oxygens (including phenoxy) is 1. The van der Waals surface area contributed by atoms with Crippen LogP contribution in [0.25, 0.3) is 0 Å². The Morgan fingerprint density at radius 2 is 2.33 bits per heavy atom. The molecule has 18 heavy (non-hydrogen) atoms. The third-order valence-electron chi connectivity index (χ3n) is 2.70. The predicted octanol–water partition coefficient (Wildman–Crippen LogP) is 1.84. The third kappa shape index (κ3) is 4.50. The minimum Gasteiger partial charge on any atom is -0.384 e. The van der Waals surface area contributed by atoms with Gasteiger partial charge in [0.2, 0.25) is 0 Å². The average molecular weight is 272 g/mol. The first-order valence-electron chi connectivity index (χ1n) is 5.79. The molecule has 100 valence electrons. The summed E-state index contributed by atoms with van der Waals surface area (Å²) in [7, 11) is 0. The molecule has 1 aliphatic carbocycles. The Morgan fingerprint density at radius 3 is 2.89 bits per heavy atom. The number of pyridine rings is 1. The largest absolute Gasteiger partial charge is 0.384 e. The summed E-state index contributed by atoms with van der Waals surface area (Å²) in [6.07, 6.45) is 3.53. The lowest BCUT2D eigenvalue weighted by Gasteiger charge is -2.12. The van der Waals surface area contributed by atoms with E-state index in [0.29, 0.717) is 24.0 Å². The molecule has 0 radical (unpaired) electrons. The summed E-state index contributed by atoms with van der Waals surface area (Å²) in [5.41, 5.74) is 6.09. The highest BCUT2D eigenvalue weighted by Gasteiger charge is 2.24. The second-order valence-corrected chi connectivity index (χ2v) is 4.38. The summed E-state index contributed by atoms with van der Waals surface area (Å²) < 4.78 is 5.47. The van der Waals surface area contributed by atoms with Gasteiger partial charge in [-0.2, -0.15) is 0 Å². The molecule has 6 heteroatoms. The molecule has 0 saturated heterocycles. The van der Waals surface area contributed by atoms with E-state index in [1.807, 2.05) is 0 Å². The van der Waals surface area contributed by atoms with Gasteiger partial charge in [-0.15, -0.1) is 12.4 Å². The van der Waals surface area contributed by atoms with Crippen LogP contribution >= 0.6 is 12.4 Å². The van der Waals surface area contributed by atoms with Gasteiger partial charge in [-0.1, -0.05) is 0 Å². The van der Waals surface area contributed by atoms with Gasteiger partial charge in [0, 0.05) is 0 Å². The van der Waals surface area contributed by atoms with Gasteiger partial charge in [0.05, 0.1) is 18.5 Å². The highest BCUT2D eigenvalue weighted by molar-refractivity contribution is 5.93. The predicted molar refractivity (Wildman–Crippen MR) is 72.7 cm³/mol. The summed E-state index contributed by atoms with van der Waals surface area (Å²) in [4.78, 5) is 15.6. The van der Waals surface area contributed by atoms with Crippen LogP contribution in [0.1, 0.15) is 19.8 Å². The van der Waals surface area contributed by atoms with Crippen molar-refractivity contribution in [1.82, 2.24) is 4.98 Å². The molecule has 0 spiro atoms. The molecule has 0 aliphatic heterocycles. The fourth-order valence-corrected chi connectivity index (χ4v) is 1.36. The Hall–Kier alpha value is -1.33. The number of nitrogens with zero attached hydrogens (tertiary/aromatic N) is 1. The Labute approximate surface area is 113 Å². The number of rotatable bonds is 5. The number of amides is 1. The van der Waals surface area contributed by atoms with Gasteiger partial charge in [0.25, 0.3) is 5.91 Å². The smallest absolute Gasteiger partial charge is 0.253 e. The number of hydrogen-bond donors (Lipinski definition) is 2. The summed E-state index contributed by atoms with van der Waals surface area (Å²) in [6, 6.07) is 3.36. The molecule has 0 aromatic carbocycles. The van der Waals surface area contributed by atoms with Crippen molar-refractivity contribution in [1.29, 1.82) is 0 Å². The van der Waals surface area contributed by atoms with E-state index in [-0.39, 0.29) is 18.3 Å². The lowest BCUT2D eigenvalue weighted by atomic mass is 10.3. The van der Waals surface area contributed by atoms with Gasteiger partial charge < -0.3 is 15.8 Å². The average Bonchev–Trinajstić information content (AvgIpc) is 3.13. The summed E-state index contributed by atoms with van der Waals surface area (Å²) in [5, 5.41) is 2.73. The minimum atomic E-state index is -0.437. The molecule has 1 fully saturated rings. The second-order valence-electron chi connectivity index (χ2n) is 4.38. The number of halogens is 1. The van der Waals surface area contributed by atoms with Crippen LogP contribution in [0.2, 0.25) is 0 Å². The van der Waals surface area contributed by atoms with Crippen molar-refractivity contribution in [2.75, 3.05) is 17.7 Å². The number of nitrogen functional groups attached to an aromatic ring is 1. The monoisotopic (exact) mass is 271 g/mol. The van der Waals surface area contributed by atoms with E-state index in [4.69, 9.17) is 10.5 Å². The fourth-order valence-electron chi connectivity index (χ4n) is 1.36. The summed E-state index contributed by atoms with van der Waals surface area (Å²) in [6.45, 7) is 2.43. The maximum atomic E-state index is 11.7. The Balaban J connectivity index is 0.00000162. The summed E-state index contributed by atoms with van der Waals surface area (Å²) >= 11 is 0. The number of carbonyl (C=O) groups is 1. The molecule has 0 bridgehead atoms. The third-order valence-corrected chi connectivity index (χ3v) is 2.70. The quantitative estimate of drug-likeness (QED) is 0.857. The molecule has 3 N–H and O–H groups in total. The number of anilines is 2. The van der Waals surface area contributed by atoms with Crippen molar-refractivity contribution >= 4 is 29.8 Å². The van der Waals surface area contributed by atoms with Crippen molar-refractivity contribution in [2.24, 2.45) is 5.92 Å². The van der Waals surface area contributed by atoms with Crippen molar-refractivity contribution in [3.05, 3.63) is 18.3 Å². The first-order valence-corrected chi connectivity index (χ1v) is 5.79. The molecular weight excluding hydrogens is 254 g/mol. The highest BCUT2D eigenvalue weighted by atomic mass is 35.5. The van der Waals surface area contributed by atoms with Gasteiger partial charge in [-0.25, -0.2) is 4.98 Å². The van der Waals surface area contributed by atoms with Crippen LogP contribution in [0.5, 0.6) is 0 Å². The van der Waals surface area contributed by atoms with Crippen LogP contribution in [-0.4, -0.2) is 23.6 Å². The van der Waals surface area contributed by atoms with E-state index in [1.54, 1.807) is 19.1 Å². The Kier molecular flexibility index (Phi) is 5.37. The number of carbonyl (C=O) groups excluding carboxylic acids is 1. The van der Waals surface area contributed by atoms with Crippen molar-refractivity contribution in [3.63, 3.8) is 0 Å². The first kappa shape index (κ1) is 14.7. The molecule has 1 heterocycles. The standard InChI is InChI=1S/C12H17N3O2.ClH/c1-8(17-7-9-2-3-9)12(16)15-10-4-5-11(13)14-6-10;/h4-6,8-9H,2-3,7H2,1H3,(H2,13,14)(H,15,16);1H. The van der Waals surface area contributed by atoms with Gasteiger partial charge in [-0.3, -0.25) is 4.79 Å². The normalized spacial score (nSPS) is 15.6. The van der Waals surface area contributed by atoms with Crippen molar-refractivity contribution < 1.29 is 9.53 Å². The topological polar surface area (TPSA) is 77.2 Å². The number of nitrogens with one attached hydrogen (secondary N) is 1. The molecule has 1 amide bonds. The van der Waals surface area contributed by atoms with Crippen LogP contribution < -0.4 is 11.1 Å². The lowest BCUT2D eigenvalue weighted by molar-refractivity contribution is -0.126. The van der Waals surface area contributed by atoms with Crippen LogP contribution in [0.3, 0.4) is 0 Å². The van der Waals surface area contributed by atoms with Crippen LogP contribution in [0, 0.1) is 5.92 Å². The minimum absolute atomic E-state index is 0. The molecule has 1 aliphatic rings. The highest BCUT2D eigenvalue weighted by Crippen LogP contribution is 2.29. The molecular formula is C12H18ClN3O2. The molecule has 1 aromatic rings. The SMILES string of the molecule is CC(OCC1CC1)C(=O)Nc1ccc(N)nc1.Cl. The number of nitrogens with two attached hydrogens (primary N) is 1. The van der Waals surface area contributed by atoms with E-state index in [2.05, 4.69) is 10.3 Å². The molecule has 5 nitrogen and oxygen atoms in total. The first-order chi connectivity index (χ1) is 8.15. The van der Waals surface area contributed by atoms with E-state index >= 15 is 0 Å². The second kappa shape index (κ2) is 6.56. The molecule has 1 saturated carbocycles. The molecule has 1 unspecified atom stereocenters. The van der Waals surface area contributed by atoms with Gasteiger partial charge >= 0.3 is 0 Å².